The van der Waals surface area contributed by atoms with Crippen molar-refractivity contribution in [3.63, 3.8) is 0 Å². The average molecular weight is 312 g/mol. The van der Waals surface area contributed by atoms with Crippen LogP contribution in [-0.2, 0) is 15.0 Å². The van der Waals surface area contributed by atoms with Crippen molar-refractivity contribution in [2.24, 2.45) is 5.92 Å². The molecule has 6 nitrogen and oxygen atoms in total. The lowest BCUT2D eigenvalue weighted by atomic mass is 10.1. The number of carbonyl (C=O) groups is 1. The minimum atomic E-state index is -4.63. The van der Waals surface area contributed by atoms with Gasteiger partial charge in [-0.1, -0.05) is 0 Å². The molecule has 1 atom stereocenters. The van der Waals surface area contributed by atoms with Gasteiger partial charge in [0.05, 0.1) is 24.1 Å². The maximum atomic E-state index is 12.7. The Balaban J connectivity index is 2.27. The molecular weight excluding hydrogens is 299 g/mol. The molecule has 2 rings (SSSR count). The zero-order valence-electron chi connectivity index (χ0n) is 11.2. The molecule has 1 saturated heterocycles. The van der Waals surface area contributed by atoms with Crippen LogP contribution in [0.1, 0.15) is 12.0 Å². The van der Waals surface area contributed by atoms with Gasteiger partial charge >= 0.3 is 10.2 Å². The van der Waals surface area contributed by atoms with E-state index in [1.54, 1.807) is 12.1 Å². The molecule has 1 amide bonds. The molecule has 0 aromatic heterocycles. The summed E-state index contributed by atoms with van der Waals surface area (Å²) >= 11 is 0. The predicted molar refractivity (Wildman–Crippen MR) is 73.1 cm³/mol. The molecule has 1 aliphatic rings. The molecule has 1 aliphatic heterocycles. The van der Waals surface area contributed by atoms with Crippen LogP contribution >= 0.6 is 0 Å². The van der Waals surface area contributed by atoms with E-state index in [2.05, 4.69) is 0 Å². The molecule has 1 aromatic carbocycles. The molecule has 0 radical (unpaired) electrons. The van der Waals surface area contributed by atoms with E-state index < -0.39 is 21.9 Å². The number of methoxy groups -OCH3 is 1. The largest absolute Gasteiger partial charge is 0.497 e. The van der Waals surface area contributed by atoms with Gasteiger partial charge in [0.1, 0.15) is 11.8 Å². The first kappa shape index (κ1) is 15.3. The Morgan fingerprint density at radius 1 is 1.52 bits per heavy atom. The van der Waals surface area contributed by atoms with Crippen LogP contribution in [0, 0.1) is 17.2 Å². The number of benzene rings is 1. The van der Waals surface area contributed by atoms with E-state index in [0.717, 1.165) is 0 Å². The Hall–Kier alpha value is -2.14. The molecule has 1 aromatic rings. The van der Waals surface area contributed by atoms with E-state index in [4.69, 9.17) is 10.00 Å². The quantitative estimate of drug-likeness (QED) is 0.780. The van der Waals surface area contributed by atoms with Gasteiger partial charge in [0.2, 0.25) is 5.91 Å². The van der Waals surface area contributed by atoms with Gasteiger partial charge in [-0.05, 0) is 18.2 Å². The summed E-state index contributed by atoms with van der Waals surface area (Å²) in [5, 5.41) is 9.14. The molecule has 0 bridgehead atoms. The molecule has 0 saturated carbocycles. The number of hydrogen-bond acceptors (Lipinski definition) is 5. The highest BCUT2D eigenvalue weighted by molar-refractivity contribution is 7.86. The van der Waals surface area contributed by atoms with Crippen molar-refractivity contribution in [2.75, 3.05) is 24.3 Å². The SMILES string of the molecule is COc1ccc(N2CC(CS(=O)(=O)F)CC2=O)c(C#N)c1. The monoisotopic (exact) mass is 312 g/mol. The van der Waals surface area contributed by atoms with E-state index in [-0.39, 0.29) is 24.4 Å². The summed E-state index contributed by atoms with van der Waals surface area (Å²) in [6.45, 7) is 0.0724. The lowest BCUT2D eigenvalue weighted by Gasteiger charge is -2.18. The summed E-state index contributed by atoms with van der Waals surface area (Å²) in [6.07, 6.45) is -0.0555. The smallest absolute Gasteiger partial charge is 0.302 e. The number of halogens is 1. The second-order valence-corrected chi connectivity index (χ2v) is 6.19. The van der Waals surface area contributed by atoms with Gasteiger partial charge in [-0.3, -0.25) is 4.79 Å². The topological polar surface area (TPSA) is 87.5 Å². The fourth-order valence-corrected chi connectivity index (χ4v) is 3.16. The van der Waals surface area contributed by atoms with Gasteiger partial charge in [0.25, 0.3) is 0 Å². The van der Waals surface area contributed by atoms with Crippen molar-refractivity contribution in [1.82, 2.24) is 0 Å². The number of hydrogen-bond donors (Lipinski definition) is 0. The van der Waals surface area contributed by atoms with Crippen LogP contribution in [0.2, 0.25) is 0 Å². The fraction of sp³-hybridized carbons (Fsp3) is 0.385. The van der Waals surface area contributed by atoms with Gasteiger partial charge in [-0.2, -0.15) is 13.7 Å². The Morgan fingerprint density at radius 3 is 2.81 bits per heavy atom. The van der Waals surface area contributed by atoms with Crippen molar-refractivity contribution in [2.45, 2.75) is 6.42 Å². The number of rotatable bonds is 4. The van der Waals surface area contributed by atoms with E-state index >= 15 is 0 Å². The standard InChI is InChI=1S/C13H13FN2O4S/c1-20-11-2-3-12(10(5-11)6-15)16-7-9(4-13(16)17)8-21(14,18)19/h2-3,5,9H,4,7-8H2,1H3. The maximum Gasteiger partial charge on any atom is 0.302 e. The molecule has 1 fully saturated rings. The highest BCUT2D eigenvalue weighted by Gasteiger charge is 2.34. The minimum absolute atomic E-state index is 0.0555. The second kappa shape index (κ2) is 5.69. The van der Waals surface area contributed by atoms with Crippen LogP contribution in [-0.4, -0.2) is 33.7 Å². The van der Waals surface area contributed by atoms with Crippen molar-refractivity contribution in [1.29, 1.82) is 5.26 Å². The number of amides is 1. The van der Waals surface area contributed by atoms with Crippen molar-refractivity contribution < 1.29 is 21.8 Å². The zero-order valence-corrected chi connectivity index (χ0v) is 12.1. The Morgan fingerprint density at radius 2 is 2.24 bits per heavy atom. The Labute approximate surface area is 121 Å². The summed E-state index contributed by atoms with van der Waals surface area (Å²) in [5.74, 6) is -1.15. The van der Waals surface area contributed by atoms with E-state index in [1.165, 1.54) is 18.1 Å². The van der Waals surface area contributed by atoms with Gasteiger partial charge < -0.3 is 9.64 Å². The van der Waals surface area contributed by atoms with Crippen molar-refractivity contribution in [3.05, 3.63) is 23.8 Å². The molecule has 0 N–H and O–H groups in total. The number of ether oxygens (including phenoxy) is 1. The maximum absolute atomic E-state index is 12.7. The minimum Gasteiger partial charge on any atom is -0.497 e. The van der Waals surface area contributed by atoms with Crippen molar-refractivity contribution >= 4 is 21.8 Å². The van der Waals surface area contributed by atoms with Gasteiger partial charge in [0, 0.05) is 18.9 Å². The summed E-state index contributed by atoms with van der Waals surface area (Å²) < 4.78 is 39.1. The van der Waals surface area contributed by atoms with Crippen molar-refractivity contribution in [3.8, 4) is 11.8 Å². The lowest BCUT2D eigenvalue weighted by Crippen LogP contribution is -2.26. The third-order valence-electron chi connectivity index (χ3n) is 3.25. The van der Waals surface area contributed by atoms with E-state index in [9.17, 15) is 17.1 Å². The van der Waals surface area contributed by atoms with Crippen LogP contribution in [0.3, 0.4) is 0 Å². The van der Waals surface area contributed by atoms with Crippen LogP contribution < -0.4 is 9.64 Å². The number of nitrogens with zero attached hydrogens (tertiary/aromatic N) is 2. The summed E-state index contributed by atoms with van der Waals surface area (Å²) in [6, 6.07) is 6.61. The highest BCUT2D eigenvalue weighted by Crippen LogP contribution is 2.30. The van der Waals surface area contributed by atoms with Gasteiger partial charge in [-0.15, -0.1) is 3.89 Å². The normalized spacial score (nSPS) is 18.6. The fourth-order valence-electron chi connectivity index (χ4n) is 2.37. The van der Waals surface area contributed by atoms with Crippen LogP contribution in [0.15, 0.2) is 18.2 Å². The molecule has 0 spiro atoms. The summed E-state index contributed by atoms with van der Waals surface area (Å²) in [5.41, 5.74) is 0.619. The molecule has 112 valence electrons. The van der Waals surface area contributed by atoms with Crippen LogP contribution in [0.25, 0.3) is 0 Å². The molecule has 1 heterocycles. The first-order valence-electron chi connectivity index (χ1n) is 6.15. The van der Waals surface area contributed by atoms with Gasteiger partial charge in [0.15, 0.2) is 0 Å². The summed E-state index contributed by atoms with van der Waals surface area (Å²) in [7, 11) is -3.17. The Kier molecular flexibility index (Phi) is 4.14. The third-order valence-corrected chi connectivity index (χ3v) is 4.12. The average Bonchev–Trinajstić information content (AvgIpc) is 2.76. The van der Waals surface area contributed by atoms with E-state index in [0.29, 0.717) is 11.4 Å². The second-order valence-electron chi connectivity index (χ2n) is 4.77. The number of nitriles is 1. The molecule has 21 heavy (non-hydrogen) atoms. The Bertz CT molecular complexity index is 711. The lowest BCUT2D eigenvalue weighted by molar-refractivity contribution is -0.117. The van der Waals surface area contributed by atoms with Crippen LogP contribution in [0.4, 0.5) is 9.57 Å². The predicted octanol–water partition coefficient (Wildman–Crippen LogP) is 1.22. The highest BCUT2D eigenvalue weighted by atomic mass is 32.3. The zero-order chi connectivity index (χ0) is 15.6. The summed E-state index contributed by atoms with van der Waals surface area (Å²) in [4.78, 5) is 13.3. The van der Waals surface area contributed by atoms with Gasteiger partial charge in [-0.25, -0.2) is 0 Å². The molecular formula is C13H13FN2O4S. The number of anilines is 1. The molecule has 8 heteroatoms. The first-order chi connectivity index (χ1) is 9.84. The van der Waals surface area contributed by atoms with Crippen LogP contribution in [0.5, 0.6) is 5.75 Å². The molecule has 0 aliphatic carbocycles. The van der Waals surface area contributed by atoms with E-state index in [1.807, 2.05) is 6.07 Å². The first-order valence-corrected chi connectivity index (χ1v) is 7.70. The molecule has 1 unspecified atom stereocenters. The third kappa shape index (κ3) is 3.49. The number of carbonyl (C=O) groups excluding carboxylic acids is 1.